The molecule has 2 atom stereocenters. The Kier molecular flexibility index (Phi) is 10.2. The average Bonchev–Trinajstić information content (AvgIpc) is 2.36. The fourth-order valence-corrected chi connectivity index (χ4v) is 1.67. The first-order valence-electron chi connectivity index (χ1n) is 6.57. The summed E-state index contributed by atoms with van der Waals surface area (Å²) in [5, 5.41) is 12.1. The highest BCUT2D eigenvalue weighted by atomic mass is 16.5. The van der Waals surface area contributed by atoms with Gasteiger partial charge in [-0.05, 0) is 31.7 Å². The van der Waals surface area contributed by atoms with Gasteiger partial charge in [-0.25, -0.2) is 0 Å². The summed E-state index contributed by atoms with van der Waals surface area (Å²) in [7, 11) is 1.43. The summed E-state index contributed by atoms with van der Waals surface area (Å²) >= 11 is 0. The van der Waals surface area contributed by atoms with Gasteiger partial charge in [0.15, 0.2) is 0 Å². The van der Waals surface area contributed by atoms with Crippen molar-refractivity contribution in [1.82, 2.24) is 5.32 Å². The molecule has 17 heavy (non-hydrogen) atoms. The van der Waals surface area contributed by atoms with Crippen LogP contribution in [0.15, 0.2) is 0 Å². The third-order valence-electron chi connectivity index (χ3n) is 2.91. The number of esters is 1. The van der Waals surface area contributed by atoms with Gasteiger partial charge in [-0.3, -0.25) is 4.79 Å². The lowest BCUT2D eigenvalue weighted by molar-refractivity contribution is -0.143. The van der Waals surface area contributed by atoms with Crippen LogP contribution in [0.2, 0.25) is 0 Å². The van der Waals surface area contributed by atoms with Gasteiger partial charge >= 0.3 is 5.97 Å². The molecule has 0 spiro atoms. The quantitative estimate of drug-likeness (QED) is 0.454. The molecule has 2 unspecified atom stereocenters. The van der Waals surface area contributed by atoms with Gasteiger partial charge in [-0.2, -0.15) is 0 Å². The summed E-state index contributed by atoms with van der Waals surface area (Å²) in [5.41, 5.74) is 0. The molecule has 0 aromatic carbocycles. The molecule has 0 radical (unpaired) electrons. The third kappa shape index (κ3) is 8.16. The molecular formula is C13H27NO3. The molecule has 0 fully saturated rings. The molecular weight excluding hydrogens is 218 g/mol. The van der Waals surface area contributed by atoms with Crippen molar-refractivity contribution in [2.24, 2.45) is 5.92 Å². The van der Waals surface area contributed by atoms with E-state index >= 15 is 0 Å². The van der Waals surface area contributed by atoms with E-state index in [0.29, 0.717) is 5.92 Å². The Balaban J connectivity index is 3.79. The molecule has 0 heterocycles. The lowest BCUT2D eigenvalue weighted by atomic mass is 10.1. The number of unbranched alkanes of at least 4 members (excludes halogenated alkanes) is 1. The first kappa shape index (κ1) is 16.4. The Bertz CT molecular complexity index is 197. The van der Waals surface area contributed by atoms with Crippen molar-refractivity contribution in [3.8, 4) is 0 Å². The van der Waals surface area contributed by atoms with E-state index < -0.39 is 0 Å². The van der Waals surface area contributed by atoms with Gasteiger partial charge in [0.2, 0.25) is 0 Å². The van der Waals surface area contributed by atoms with Crippen molar-refractivity contribution in [1.29, 1.82) is 0 Å². The van der Waals surface area contributed by atoms with Crippen LogP contribution in [0.4, 0.5) is 0 Å². The molecule has 0 aromatic heterocycles. The van der Waals surface area contributed by atoms with E-state index in [9.17, 15) is 4.79 Å². The molecule has 2 N–H and O–H groups in total. The van der Waals surface area contributed by atoms with Crippen LogP contribution in [0.25, 0.3) is 0 Å². The number of ether oxygens (including phenoxy) is 1. The summed E-state index contributed by atoms with van der Waals surface area (Å²) in [5.74, 6) is 0.165. The minimum Gasteiger partial charge on any atom is -0.468 e. The van der Waals surface area contributed by atoms with E-state index in [2.05, 4.69) is 12.2 Å². The maximum Gasteiger partial charge on any atom is 0.322 e. The lowest BCUT2D eigenvalue weighted by Crippen LogP contribution is -2.38. The van der Waals surface area contributed by atoms with Crippen LogP contribution in [0.5, 0.6) is 0 Å². The molecule has 4 nitrogen and oxygen atoms in total. The Morgan fingerprint density at radius 3 is 2.59 bits per heavy atom. The zero-order valence-electron chi connectivity index (χ0n) is 11.4. The number of nitrogens with one attached hydrogen (secondary N) is 1. The van der Waals surface area contributed by atoms with Gasteiger partial charge in [-0.1, -0.05) is 26.7 Å². The zero-order valence-corrected chi connectivity index (χ0v) is 11.4. The van der Waals surface area contributed by atoms with Gasteiger partial charge < -0.3 is 15.2 Å². The van der Waals surface area contributed by atoms with Crippen LogP contribution >= 0.6 is 0 Å². The van der Waals surface area contributed by atoms with Crippen molar-refractivity contribution in [2.75, 3.05) is 20.3 Å². The molecule has 0 bridgehead atoms. The third-order valence-corrected chi connectivity index (χ3v) is 2.91. The van der Waals surface area contributed by atoms with Gasteiger partial charge in [-0.15, -0.1) is 0 Å². The molecule has 0 rings (SSSR count). The number of aliphatic hydroxyl groups excluding tert-OH is 1. The van der Waals surface area contributed by atoms with Gasteiger partial charge in [0.1, 0.15) is 6.04 Å². The van der Waals surface area contributed by atoms with Crippen LogP contribution in [-0.2, 0) is 9.53 Å². The minimum atomic E-state index is -0.176. The first-order chi connectivity index (χ1) is 8.15. The number of hydrogen-bond acceptors (Lipinski definition) is 4. The molecule has 0 saturated carbocycles. The van der Waals surface area contributed by atoms with Crippen LogP contribution in [0.1, 0.15) is 46.0 Å². The topological polar surface area (TPSA) is 58.6 Å². The summed E-state index contributed by atoms with van der Waals surface area (Å²) in [6, 6.07) is -0.176. The van der Waals surface area contributed by atoms with Gasteiger partial charge in [0.05, 0.1) is 7.11 Å². The molecule has 0 amide bonds. The predicted molar refractivity (Wildman–Crippen MR) is 68.8 cm³/mol. The van der Waals surface area contributed by atoms with E-state index in [4.69, 9.17) is 9.84 Å². The van der Waals surface area contributed by atoms with E-state index in [-0.39, 0.29) is 18.6 Å². The minimum absolute atomic E-state index is 0.173. The maximum atomic E-state index is 11.5. The monoisotopic (exact) mass is 245 g/mol. The predicted octanol–water partition coefficient (Wildman–Crippen LogP) is 1.72. The summed E-state index contributed by atoms with van der Waals surface area (Å²) < 4.78 is 4.77. The Labute approximate surface area is 105 Å². The molecule has 102 valence electrons. The fraction of sp³-hybridized carbons (Fsp3) is 0.923. The van der Waals surface area contributed by atoms with Crippen molar-refractivity contribution in [3.05, 3.63) is 0 Å². The second-order valence-electron chi connectivity index (χ2n) is 4.60. The summed E-state index contributed by atoms with van der Waals surface area (Å²) in [4.78, 5) is 11.5. The van der Waals surface area contributed by atoms with Gasteiger partial charge in [0, 0.05) is 6.61 Å². The summed E-state index contributed by atoms with van der Waals surface area (Å²) in [6.45, 7) is 5.16. The smallest absolute Gasteiger partial charge is 0.322 e. The number of hydrogen-bond donors (Lipinski definition) is 2. The zero-order chi connectivity index (χ0) is 13.1. The molecule has 4 heteroatoms. The van der Waals surface area contributed by atoms with Crippen LogP contribution in [-0.4, -0.2) is 37.4 Å². The van der Waals surface area contributed by atoms with Crippen molar-refractivity contribution >= 4 is 5.97 Å². The molecule has 0 saturated heterocycles. The van der Waals surface area contributed by atoms with E-state index in [0.717, 1.165) is 38.6 Å². The van der Waals surface area contributed by atoms with Crippen LogP contribution in [0.3, 0.4) is 0 Å². The number of carbonyl (C=O) groups excluding carboxylic acids is 1. The lowest BCUT2D eigenvalue weighted by Gasteiger charge is -2.16. The normalized spacial score (nSPS) is 14.4. The number of rotatable bonds is 10. The van der Waals surface area contributed by atoms with Gasteiger partial charge in [0.25, 0.3) is 0 Å². The average molecular weight is 245 g/mol. The fourth-order valence-electron chi connectivity index (χ4n) is 1.67. The van der Waals surface area contributed by atoms with Crippen molar-refractivity contribution in [2.45, 2.75) is 52.0 Å². The molecule has 0 aliphatic rings. The Morgan fingerprint density at radius 1 is 1.35 bits per heavy atom. The van der Waals surface area contributed by atoms with E-state index in [1.54, 1.807) is 0 Å². The molecule has 0 aliphatic carbocycles. The highest BCUT2D eigenvalue weighted by Crippen LogP contribution is 2.05. The molecule has 0 aliphatic heterocycles. The maximum absolute atomic E-state index is 11.5. The molecule has 0 aromatic rings. The highest BCUT2D eigenvalue weighted by Gasteiger charge is 2.17. The number of methoxy groups -OCH3 is 1. The summed E-state index contributed by atoms with van der Waals surface area (Å²) in [6.07, 6.45) is 4.89. The number of aliphatic hydroxyl groups is 1. The van der Waals surface area contributed by atoms with Crippen molar-refractivity contribution < 1.29 is 14.6 Å². The second kappa shape index (κ2) is 10.5. The largest absolute Gasteiger partial charge is 0.468 e. The van der Waals surface area contributed by atoms with Crippen molar-refractivity contribution in [3.63, 3.8) is 0 Å². The van der Waals surface area contributed by atoms with Crippen LogP contribution < -0.4 is 5.32 Å². The number of carbonyl (C=O) groups is 1. The Morgan fingerprint density at radius 2 is 2.06 bits per heavy atom. The highest BCUT2D eigenvalue weighted by molar-refractivity contribution is 5.75. The second-order valence-corrected chi connectivity index (χ2v) is 4.60. The SMILES string of the molecule is CCCCC(NCCCC(C)CO)C(=O)OC. The van der Waals surface area contributed by atoms with Crippen LogP contribution in [0, 0.1) is 5.92 Å². The van der Waals surface area contributed by atoms with E-state index in [1.807, 2.05) is 6.92 Å². The van der Waals surface area contributed by atoms with E-state index in [1.165, 1.54) is 7.11 Å². The standard InChI is InChI=1S/C13H27NO3/c1-4-5-8-12(13(16)17-3)14-9-6-7-11(2)10-15/h11-12,14-15H,4-10H2,1-3H3. The first-order valence-corrected chi connectivity index (χ1v) is 6.57. The Hall–Kier alpha value is -0.610.